The average molecular weight is 162 g/mol. The van der Waals surface area contributed by atoms with E-state index in [2.05, 4.69) is 17.4 Å². The van der Waals surface area contributed by atoms with Crippen molar-refractivity contribution in [2.45, 2.75) is 13.5 Å². The number of allylic oxidation sites excluding steroid dienone is 1. The highest BCUT2D eigenvalue weighted by Gasteiger charge is 1.89. The van der Waals surface area contributed by atoms with E-state index in [1.807, 2.05) is 25.1 Å². The lowest BCUT2D eigenvalue weighted by atomic mass is 10.2. The quantitative estimate of drug-likeness (QED) is 0.708. The molecular weight excluding hydrogens is 148 g/mol. The highest BCUT2D eigenvalue weighted by Crippen LogP contribution is 1.98. The Bertz CT molecular complexity index is 252. The van der Waals surface area contributed by atoms with Crippen LogP contribution in [0.1, 0.15) is 12.5 Å². The summed E-state index contributed by atoms with van der Waals surface area (Å²) in [6.45, 7) is 2.78. The summed E-state index contributed by atoms with van der Waals surface area (Å²) >= 11 is 0. The number of hydrogen-bond acceptors (Lipinski definition) is 2. The first kappa shape index (κ1) is 8.65. The van der Waals surface area contributed by atoms with Crippen molar-refractivity contribution < 1.29 is 0 Å². The first-order valence-corrected chi connectivity index (χ1v) is 3.99. The SMILES string of the molecule is C/C(=C\N)NCc1ccccc1. The molecule has 0 radical (unpaired) electrons. The molecule has 2 nitrogen and oxygen atoms in total. The second-order valence-electron chi connectivity index (χ2n) is 2.69. The Morgan fingerprint density at radius 3 is 2.67 bits per heavy atom. The average Bonchev–Trinajstić information content (AvgIpc) is 2.16. The van der Waals surface area contributed by atoms with Crippen molar-refractivity contribution in [3.05, 3.63) is 47.8 Å². The maximum atomic E-state index is 5.31. The lowest BCUT2D eigenvalue weighted by molar-refractivity contribution is 0.808. The zero-order valence-corrected chi connectivity index (χ0v) is 7.25. The molecule has 1 rings (SSSR count). The summed E-state index contributed by atoms with van der Waals surface area (Å²) < 4.78 is 0. The highest BCUT2D eigenvalue weighted by molar-refractivity contribution is 5.15. The molecule has 0 aliphatic rings. The van der Waals surface area contributed by atoms with Gasteiger partial charge in [-0.15, -0.1) is 0 Å². The van der Waals surface area contributed by atoms with Crippen molar-refractivity contribution in [2.24, 2.45) is 5.73 Å². The Labute approximate surface area is 73.1 Å². The minimum Gasteiger partial charge on any atom is -0.403 e. The number of benzene rings is 1. The summed E-state index contributed by atoms with van der Waals surface area (Å²) in [6, 6.07) is 10.2. The van der Waals surface area contributed by atoms with E-state index < -0.39 is 0 Å². The third-order valence-electron chi connectivity index (χ3n) is 1.66. The zero-order chi connectivity index (χ0) is 8.81. The molecule has 0 saturated carbocycles. The lowest BCUT2D eigenvalue weighted by Crippen LogP contribution is -2.11. The van der Waals surface area contributed by atoms with Gasteiger partial charge in [-0.1, -0.05) is 30.3 Å². The van der Waals surface area contributed by atoms with Crippen molar-refractivity contribution in [1.82, 2.24) is 5.32 Å². The van der Waals surface area contributed by atoms with Crippen LogP contribution in [0, 0.1) is 0 Å². The number of nitrogens with two attached hydrogens (primary N) is 1. The predicted molar refractivity (Wildman–Crippen MR) is 51.2 cm³/mol. The van der Waals surface area contributed by atoms with E-state index in [4.69, 9.17) is 5.73 Å². The van der Waals surface area contributed by atoms with Crippen LogP contribution in [0.15, 0.2) is 42.2 Å². The Kier molecular flexibility index (Phi) is 3.20. The Morgan fingerprint density at radius 1 is 1.42 bits per heavy atom. The molecule has 0 atom stereocenters. The molecule has 64 valence electrons. The van der Waals surface area contributed by atoms with Crippen LogP contribution in [0.5, 0.6) is 0 Å². The summed E-state index contributed by atoms with van der Waals surface area (Å²) in [7, 11) is 0. The molecule has 0 aliphatic heterocycles. The standard InChI is InChI=1S/C10H14N2/c1-9(7-11)12-8-10-5-3-2-4-6-10/h2-7,12H,8,11H2,1H3/b9-7+. The number of nitrogens with one attached hydrogen (secondary N) is 1. The van der Waals surface area contributed by atoms with Gasteiger partial charge in [-0.05, 0) is 12.5 Å². The molecule has 0 heterocycles. The number of hydrogen-bond donors (Lipinski definition) is 2. The van der Waals surface area contributed by atoms with Gasteiger partial charge in [0.05, 0.1) is 0 Å². The van der Waals surface area contributed by atoms with Gasteiger partial charge in [-0.3, -0.25) is 0 Å². The van der Waals surface area contributed by atoms with Crippen LogP contribution in [0.2, 0.25) is 0 Å². The van der Waals surface area contributed by atoms with E-state index in [1.165, 1.54) is 5.56 Å². The van der Waals surface area contributed by atoms with Gasteiger partial charge in [0, 0.05) is 18.4 Å². The fraction of sp³-hybridized carbons (Fsp3) is 0.200. The monoisotopic (exact) mass is 162 g/mol. The molecule has 0 aliphatic carbocycles. The summed E-state index contributed by atoms with van der Waals surface area (Å²) in [5.74, 6) is 0. The summed E-state index contributed by atoms with van der Waals surface area (Å²) in [5.41, 5.74) is 7.57. The van der Waals surface area contributed by atoms with Crippen LogP contribution in [0.25, 0.3) is 0 Å². The number of rotatable bonds is 3. The van der Waals surface area contributed by atoms with Crippen LogP contribution in [-0.2, 0) is 6.54 Å². The van der Waals surface area contributed by atoms with Crippen LogP contribution in [0.4, 0.5) is 0 Å². The molecule has 2 heteroatoms. The molecule has 0 spiro atoms. The highest BCUT2D eigenvalue weighted by atomic mass is 14.9. The van der Waals surface area contributed by atoms with E-state index in [0.717, 1.165) is 12.2 Å². The summed E-state index contributed by atoms with van der Waals surface area (Å²) in [4.78, 5) is 0. The molecule has 0 amide bonds. The molecule has 1 aromatic rings. The van der Waals surface area contributed by atoms with Crippen molar-refractivity contribution in [1.29, 1.82) is 0 Å². The summed E-state index contributed by atoms with van der Waals surface area (Å²) in [5, 5.41) is 3.18. The van der Waals surface area contributed by atoms with Gasteiger partial charge < -0.3 is 11.1 Å². The zero-order valence-electron chi connectivity index (χ0n) is 7.25. The topological polar surface area (TPSA) is 38.0 Å². The van der Waals surface area contributed by atoms with E-state index >= 15 is 0 Å². The summed E-state index contributed by atoms with van der Waals surface area (Å²) in [6.07, 6.45) is 1.57. The molecule has 0 aromatic heterocycles. The second-order valence-corrected chi connectivity index (χ2v) is 2.69. The minimum atomic E-state index is 0.834. The van der Waals surface area contributed by atoms with E-state index in [9.17, 15) is 0 Å². The Morgan fingerprint density at radius 2 is 2.08 bits per heavy atom. The Hall–Kier alpha value is -1.44. The van der Waals surface area contributed by atoms with E-state index in [-0.39, 0.29) is 0 Å². The second kappa shape index (κ2) is 4.44. The largest absolute Gasteiger partial charge is 0.403 e. The van der Waals surface area contributed by atoms with Crippen LogP contribution < -0.4 is 11.1 Å². The first-order chi connectivity index (χ1) is 5.83. The van der Waals surface area contributed by atoms with Gasteiger partial charge in [0.2, 0.25) is 0 Å². The fourth-order valence-electron chi connectivity index (χ4n) is 0.896. The normalized spacial score (nSPS) is 11.2. The fourth-order valence-corrected chi connectivity index (χ4v) is 0.896. The first-order valence-electron chi connectivity index (χ1n) is 3.99. The molecule has 0 saturated heterocycles. The Balaban J connectivity index is 2.44. The molecule has 12 heavy (non-hydrogen) atoms. The van der Waals surface area contributed by atoms with Gasteiger partial charge in [0.1, 0.15) is 0 Å². The molecule has 0 bridgehead atoms. The van der Waals surface area contributed by atoms with Gasteiger partial charge in [0.15, 0.2) is 0 Å². The smallest absolute Gasteiger partial charge is 0.0398 e. The van der Waals surface area contributed by atoms with Gasteiger partial charge in [0.25, 0.3) is 0 Å². The minimum absolute atomic E-state index is 0.834. The van der Waals surface area contributed by atoms with Crippen LogP contribution in [-0.4, -0.2) is 0 Å². The third kappa shape index (κ3) is 2.66. The van der Waals surface area contributed by atoms with E-state index in [1.54, 1.807) is 6.20 Å². The van der Waals surface area contributed by atoms with E-state index in [0.29, 0.717) is 0 Å². The van der Waals surface area contributed by atoms with Crippen molar-refractivity contribution in [3.8, 4) is 0 Å². The molecule has 1 aromatic carbocycles. The maximum Gasteiger partial charge on any atom is 0.0398 e. The molecule has 0 unspecified atom stereocenters. The molecule has 3 N–H and O–H groups in total. The maximum absolute atomic E-state index is 5.31. The van der Waals surface area contributed by atoms with Gasteiger partial charge in [-0.2, -0.15) is 0 Å². The van der Waals surface area contributed by atoms with Gasteiger partial charge >= 0.3 is 0 Å². The third-order valence-corrected chi connectivity index (χ3v) is 1.66. The van der Waals surface area contributed by atoms with Crippen molar-refractivity contribution >= 4 is 0 Å². The van der Waals surface area contributed by atoms with Crippen molar-refractivity contribution in [3.63, 3.8) is 0 Å². The predicted octanol–water partition coefficient (Wildman–Crippen LogP) is 1.60. The molecular formula is C10H14N2. The van der Waals surface area contributed by atoms with Crippen LogP contribution >= 0.6 is 0 Å². The van der Waals surface area contributed by atoms with Gasteiger partial charge in [-0.25, -0.2) is 0 Å². The van der Waals surface area contributed by atoms with Crippen LogP contribution in [0.3, 0.4) is 0 Å². The molecule has 0 fully saturated rings. The van der Waals surface area contributed by atoms with Crippen molar-refractivity contribution in [2.75, 3.05) is 0 Å². The lowest BCUT2D eigenvalue weighted by Gasteiger charge is -2.04.